The lowest BCUT2D eigenvalue weighted by atomic mass is 9.87. The third-order valence-electron chi connectivity index (χ3n) is 8.03. The largest absolute Gasteiger partial charge is 0.489 e. The van der Waals surface area contributed by atoms with Crippen molar-refractivity contribution >= 4 is 17.7 Å². The van der Waals surface area contributed by atoms with Gasteiger partial charge in [0, 0.05) is 31.7 Å². The van der Waals surface area contributed by atoms with Gasteiger partial charge in [0.05, 0.1) is 6.10 Å². The molecule has 2 heterocycles. The Morgan fingerprint density at radius 1 is 1.06 bits per heavy atom. The van der Waals surface area contributed by atoms with Gasteiger partial charge in [0.1, 0.15) is 17.9 Å². The number of fused-ring (bicyclic) bond motifs is 1. The Balaban J connectivity index is 1.17. The van der Waals surface area contributed by atoms with Gasteiger partial charge < -0.3 is 19.7 Å². The van der Waals surface area contributed by atoms with Gasteiger partial charge in [0.2, 0.25) is 11.8 Å². The summed E-state index contributed by atoms with van der Waals surface area (Å²) in [6.45, 7) is 1.40. The molecule has 3 fully saturated rings. The Bertz CT molecular complexity index is 942. The van der Waals surface area contributed by atoms with Crippen molar-refractivity contribution in [2.75, 3.05) is 13.7 Å². The third-order valence-corrected chi connectivity index (χ3v) is 8.03. The predicted molar refractivity (Wildman–Crippen MR) is 125 cm³/mol. The topological polar surface area (TPSA) is 97.0 Å². The number of nitrogens with one attached hydrogen (secondary N) is 2. The van der Waals surface area contributed by atoms with E-state index in [1.54, 1.807) is 4.90 Å². The molecule has 1 saturated heterocycles. The number of hydrogen-bond acceptors (Lipinski definition) is 6. The number of amides is 3. The number of rotatable bonds is 7. The lowest BCUT2D eigenvalue weighted by Gasteiger charge is -2.30. The zero-order valence-electron chi connectivity index (χ0n) is 19.9. The average molecular weight is 470 g/mol. The van der Waals surface area contributed by atoms with E-state index in [0.29, 0.717) is 36.6 Å². The van der Waals surface area contributed by atoms with E-state index in [1.807, 2.05) is 25.3 Å². The average Bonchev–Trinajstić information content (AvgIpc) is 3.41. The first kappa shape index (κ1) is 23.3. The minimum Gasteiger partial charge on any atom is -0.489 e. The van der Waals surface area contributed by atoms with Crippen LogP contribution in [0.15, 0.2) is 18.2 Å². The minimum absolute atomic E-state index is 0.122. The molecule has 2 aliphatic heterocycles. The van der Waals surface area contributed by atoms with Crippen LogP contribution in [0.3, 0.4) is 0 Å². The molecule has 3 amide bonds. The van der Waals surface area contributed by atoms with Crippen molar-refractivity contribution in [1.82, 2.24) is 15.5 Å². The first-order chi connectivity index (χ1) is 16.5. The molecular weight excluding hydrogens is 434 g/mol. The van der Waals surface area contributed by atoms with E-state index in [1.165, 1.54) is 12.8 Å². The maximum atomic E-state index is 12.9. The number of nitrogens with zero attached hydrogens (tertiary/aromatic N) is 1. The van der Waals surface area contributed by atoms with Crippen molar-refractivity contribution in [3.63, 3.8) is 0 Å². The molecule has 2 saturated carbocycles. The van der Waals surface area contributed by atoms with Gasteiger partial charge in [0.15, 0.2) is 0 Å². The van der Waals surface area contributed by atoms with Gasteiger partial charge >= 0.3 is 0 Å². The van der Waals surface area contributed by atoms with Crippen molar-refractivity contribution in [3.8, 4) is 5.75 Å². The molecule has 3 atom stereocenters. The third kappa shape index (κ3) is 4.84. The van der Waals surface area contributed by atoms with E-state index in [-0.39, 0.29) is 30.2 Å². The summed E-state index contributed by atoms with van der Waals surface area (Å²) in [5.74, 6) is 0.667. The smallest absolute Gasteiger partial charge is 0.255 e. The summed E-state index contributed by atoms with van der Waals surface area (Å²) in [7, 11) is 1.81. The fourth-order valence-electron chi connectivity index (χ4n) is 5.99. The second kappa shape index (κ2) is 10.0. The molecule has 184 valence electrons. The summed E-state index contributed by atoms with van der Waals surface area (Å²) in [4.78, 5) is 38.2. The summed E-state index contributed by atoms with van der Waals surface area (Å²) in [5.41, 5.74) is 1.49. The van der Waals surface area contributed by atoms with E-state index in [0.717, 1.165) is 50.0 Å². The highest BCUT2D eigenvalue weighted by Gasteiger charge is 2.39. The van der Waals surface area contributed by atoms with Crippen LogP contribution in [0, 0.1) is 5.92 Å². The Hall–Kier alpha value is -2.45. The predicted octanol–water partition coefficient (Wildman–Crippen LogP) is 2.54. The quantitative estimate of drug-likeness (QED) is 0.596. The summed E-state index contributed by atoms with van der Waals surface area (Å²) < 4.78 is 11.9. The molecule has 1 unspecified atom stereocenters. The summed E-state index contributed by atoms with van der Waals surface area (Å²) in [5, 5.41) is 6.12. The van der Waals surface area contributed by atoms with Gasteiger partial charge in [-0.15, -0.1) is 0 Å². The fraction of sp³-hybridized carbons (Fsp3) is 0.654. The molecule has 8 heteroatoms. The lowest BCUT2D eigenvalue weighted by Crippen LogP contribution is -2.52. The number of benzene rings is 1. The van der Waals surface area contributed by atoms with Crippen LogP contribution < -0.4 is 15.4 Å². The Labute approximate surface area is 200 Å². The highest BCUT2D eigenvalue weighted by Crippen LogP contribution is 2.32. The Kier molecular flexibility index (Phi) is 6.88. The molecule has 34 heavy (non-hydrogen) atoms. The number of carbonyl (C=O) groups excluding carboxylic acids is 3. The molecule has 0 bridgehead atoms. The van der Waals surface area contributed by atoms with Gasteiger partial charge in [-0.25, -0.2) is 0 Å². The lowest BCUT2D eigenvalue weighted by molar-refractivity contribution is -0.136. The molecule has 2 N–H and O–H groups in total. The monoisotopic (exact) mass is 469 g/mol. The van der Waals surface area contributed by atoms with Crippen LogP contribution in [0.25, 0.3) is 0 Å². The molecule has 1 aromatic rings. The van der Waals surface area contributed by atoms with Gasteiger partial charge in [-0.05, 0) is 87.6 Å². The SMILES string of the molecule is CO[C@H]1CC[C@@H](CN[C@H]2CCC[C@H]2Oc2ccc3c(c2)CN(C2CCC(=O)NC2=O)C3=O)CC1. The molecule has 0 radical (unpaired) electrons. The summed E-state index contributed by atoms with van der Waals surface area (Å²) >= 11 is 0. The molecular formula is C26H35N3O5. The number of hydrogen-bond donors (Lipinski definition) is 2. The van der Waals surface area contributed by atoms with Crippen molar-refractivity contribution < 1.29 is 23.9 Å². The van der Waals surface area contributed by atoms with Crippen molar-refractivity contribution in [2.45, 2.75) is 88.6 Å². The molecule has 8 nitrogen and oxygen atoms in total. The van der Waals surface area contributed by atoms with E-state index in [9.17, 15) is 14.4 Å². The van der Waals surface area contributed by atoms with Crippen LogP contribution in [0.2, 0.25) is 0 Å². The Morgan fingerprint density at radius 2 is 1.88 bits per heavy atom. The molecule has 0 aromatic heterocycles. The van der Waals surface area contributed by atoms with Crippen LogP contribution in [0.4, 0.5) is 0 Å². The number of ether oxygens (including phenoxy) is 2. The van der Waals surface area contributed by atoms with Crippen molar-refractivity contribution in [2.24, 2.45) is 5.92 Å². The van der Waals surface area contributed by atoms with Crippen molar-refractivity contribution in [1.29, 1.82) is 0 Å². The van der Waals surface area contributed by atoms with Gasteiger partial charge in [-0.2, -0.15) is 0 Å². The van der Waals surface area contributed by atoms with E-state index < -0.39 is 6.04 Å². The number of methoxy groups -OCH3 is 1. The first-order valence-corrected chi connectivity index (χ1v) is 12.7. The second-order valence-electron chi connectivity index (χ2n) is 10.2. The summed E-state index contributed by atoms with van der Waals surface area (Å²) in [6, 6.07) is 5.37. The first-order valence-electron chi connectivity index (χ1n) is 12.7. The Morgan fingerprint density at radius 3 is 2.65 bits per heavy atom. The van der Waals surface area contributed by atoms with Gasteiger partial charge in [-0.1, -0.05) is 0 Å². The maximum Gasteiger partial charge on any atom is 0.255 e. The van der Waals surface area contributed by atoms with Gasteiger partial charge in [-0.3, -0.25) is 19.7 Å². The number of carbonyl (C=O) groups is 3. The minimum atomic E-state index is -0.593. The maximum absolute atomic E-state index is 12.9. The molecule has 1 aromatic carbocycles. The highest BCUT2D eigenvalue weighted by atomic mass is 16.5. The van der Waals surface area contributed by atoms with Crippen LogP contribution in [0.5, 0.6) is 5.75 Å². The second-order valence-corrected chi connectivity index (χ2v) is 10.2. The van der Waals surface area contributed by atoms with Crippen LogP contribution in [0.1, 0.15) is 73.7 Å². The van der Waals surface area contributed by atoms with E-state index in [2.05, 4.69) is 10.6 Å². The number of imide groups is 1. The zero-order valence-corrected chi connectivity index (χ0v) is 19.9. The van der Waals surface area contributed by atoms with Crippen LogP contribution >= 0.6 is 0 Å². The van der Waals surface area contributed by atoms with Crippen LogP contribution in [-0.2, 0) is 20.9 Å². The zero-order chi connectivity index (χ0) is 23.7. The normalized spacial score (nSPS) is 31.5. The van der Waals surface area contributed by atoms with Crippen molar-refractivity contribution in [3.05, 3.63) is 29.3 Å². The van der Waals surface area contributed by atoms with Crippen LogP contribution in [-0.4, -0.2) is 60.6 Å². The van der Waals surface area contributed by atoms with E-state index >= 15 is 0 Å². The molecule has 0 spiro atoms. The van der Waals surface area contributed by atoms with E-state index in [4.69, 9.17) is 9.47 Å². The standard InChI is InChI=1S/C26H35N3O5/c1-33-18-7-5-16(6-8-18)14-27-21-3-2-4-23(21)34-19-9-10-20-17(13-19)15-29(26(20)32)22-11-12-24(30)28-25(22)31/h9-10,13,16,18,21-23,27H,2-8,11-12,14-15H2,1H3,(H,28,30,31)/t16-,18+,21-,22?,23+/m0/s1. The molecule has 5 rings (SSSR count). The fourth-order valence-corrected chi connectivity index (χ4v) is 5.99. The highest BCUT2D eigenvalue weighted by molar-refractivity contribution is 6.05. The number of piperidine rings is 1. The summed E-state index contributed by atoms with van der Waals surface area (Å²) in [6.07, 6.45) is 9.19. The molecule has 4 aliphatic rings. The molecule has 2 aliphatic carbocycles. The van der Waals surface area contributed by atoms with Gasteiger partial charge in [0.25, 0.3) is 5.91 Å².